The molecule has 0 aromatic heterocycles. The van der Waals surface area contributed by atoms with E-state index in [0.717, 1.165) is 18.3 Å². The highest BCUT2D eigenvalue weighted by molar-refractivity contribution is 4.87. The molecule has 0 spiro atoms. The lowest BCUT2D eigenvalue weighted by Crippen LogP contribution is -2.44. The lowest BCUT2D eigenvalue weighted by atomic mass is 9.69. The summed E-state index contributed by atoms with van der Waals surface area (Å²) in [5.41, 5.74) is 0. The minimum Gasteiger partial charge on any atom is -0.395 e. The molecule has 0 saturated heterocycles. The summed E-state index contributed by atoms with van der Waals surface area (Å²) in [6, 6.07) is 1.00. The van der Waals surface area contributed by atoms with Crippen LogP contribution in [0.2, 0.25) is 0 Å². The number of aliphatic hydroxyl groups is 1. The summed E-state index contributed by atoms with van der Waals surface area (Å²) in [5.74, 6) is 2.01. The Morgan fingerprint density at radius 2 is 1.88 bits per heavy atom. The van der Waals surface area contributed by atoms with Gasteiger partial charge in [-0.2, -0.15) is 0 Å². The molecule has 0 aromatic carbocycles. The Bertz CT molecular complexity index is 203. The summed E-state index contributed by atoms with van der Waals surface area (Å²) < 4.78 is 0. The van der Waals surface area contributed by atoms with Gasteiger partial charge < -0.3 is 10.4 Å². The van der Waals surface area contributed by atoms with Gasteiger partial charge >= 0.3 is 0 Å². The molecule has 2 N–H and O–H groups in total. The van der Waals surface area contributed by atoms with Crippen LogP contribution in [-0.4, -0.2) is 23.8 Å². The molecule has 16 heavy (non-hydrogen) atoms. The Morgan fingerprint density at radius 1 is 1.12 bits per heavy atom. The van der Waals surface area contributed by atoms with Gasteiger partial charge in [0.1, 0.15) is 0 Å². The molecule has 0 bridgehead atoms. The fourth-order valence-corrected chi connectivity index (χ4v) is 3.66. The van der Waals surface area contributed by atoms with Crippen molar-refractivity contribution in [2.45, 2.75) is 70.4 Å². The summed E-state index contributed by atoms with van der Waals surface area (Å²) in [7, 11) is 0. The van der Waals surface area contributed by atoms with Gasteiger partial charge in [0.05, 0.1) is 6.61 Å². The molecule has 4 atom stereocenters. The molecule has 2 rings (SSSR count). The summed E-state index contributed by atoms with van der Waals surface area (Å²) in [4.78, 5) is 0. The molecule has 2 saturated carbocycles. The summed E-state index contributed by atoms with van der Waals surface area (Å²) in [5, 5.41) is 12.9. The van der Waals surface area contributed by atoms with Crippen LogP contribution in [-0.2, 0) is 0 Å². The maximum absolute atomic E-state index is 9.23. The van der Waals surface area contributed by atoms with E-state index in [1.807, 2.05) is 0 Å². The van der Waals surface area contributed by atoms with E-state index in [0.29, 0.717) is 18.7 Å². The molecule has 0 heterocycles. The molecule has 0 amide bonds. The lowest BCUT2D eigenvalue weighted by Gasteiger charge is -2.40. The highest BCUT2D eigenvalue weighted by Gasteiger charge is 2.32. The van der Waals surface area contributed by atoms with E-state index in [-0.39, 0.29) is 0 Å². The molecule has 94 valence electrons. The summed E-state index contributed by atoms with van der Waals surface area (Å²) >= 11 is 0. The maximum Gasteiger partial charge on any atom is 0.0584 e. The Hall–Kier alpha value is -0.0800. The van der Waals surface area contributed by atoms with E-state index in [1.54, 1.807) is 0 Å². The van der Waals surface area contributed by atoms with Crippen LogP contribution in [0.25, 0.3) is 0 Å². The second-order valence-electron chi connectivity index (χ2n) is 5.77. The molecule has 2 aliphatic rings. The first-order chi connectivity index (χ1) is 7.83. The smallest absolute Gasteiger partial charge is 0.0584 e. The van der Waals surface area contributed by atoms with Crippen molar-refractivity contribution in [3.63, 3.8) is 0 Å². The highest BCUT2D eigenvalue weighted by atomic mass is 16.3. The van der Waals surface area contributed by atoms with Crippen molar-refractivity contribution in [2.75, 3.05) is 6.61 Å². The number of hydrogen-bond donors (Lipinski definition) is 2. The minimum absolute atomic E-state index is 0.293. The van der Waals surface area contributed by atoms with Crippen LogP contribution in [0.5, 0.6) is 0 Å². The van der Waals surface area contributed by atoms with E-state index in [9.17, 15) is 5.11 Å². The van der Waals surface area contributed by atoms with Crippen molar-refractivity contribution in [2.24, 2.45) is 11.8 Å². The van der Waals surface area contributed by atoms with Gasteiger partial charge in [-0.05, 0) is 37.5 Å². The number of hydrogen-bond acceptors (Lipinski definition) is 2. The van der Waals surface area contributed by atoms with Crippen molar-refractivity contribution >= 4 is 0 Å². The van der Waals surface area contributed by atoms with E-state index < -0.39 is 0 Å². The largest absolute Gasteiger partial charge is 0.395 e. The fourth-order valence-electron chi connectivity index (χ4n) is 3.66. The number of nitrogens with one attached hydrogen (secondary N) is 1. The van der Waals surface area contributed by atoms with Crippen molar-refractivity contribution in [3.05, 3.63) is 0 Å². The highest BCUT2D eigenvalue weighted by Crippen LogP contribution is 2.40. The quantitative estimate of drug-likeness (QED) is 0.771. The van der Waals surface area contributed by atoms with Crippen LogP contribution in [0.4, 0.5) is 0 Å². The van der Waals surface area contributed by atoms with Gasteiger partial charge in [-0.3, -0.25) is 0 Å². The predicted octanol–water partition coefficient (Wildman–Crippen LogP) is 2.71. The zero-order chi connectivity index (χ0) is 11.4. The zero-order valence-electron chi connectivity index (χ0n) is 10.6. The SMILES string of the molecule is CC[C@H](CO)NC1CCC2CCCCC2C1. The van der Waals surface area contributed by atoms with Gasteiger partial charge in [-0.15, -0.1) is 0 Å². The van der Waals surface area contributed by atoms with Crippen LogP contribution >= 0.6 is 0 Å². The van der Waals surface area contributed by atoms with Gasteiger partial charge in [0, 0.05) is 12.1 Å². The van der Waals surface area contributed by atoms with Crippen molar-refractivity contribution in [3.8, 4) is 0 Å². The van der Waals surface area contributed by atoms with Gasteiger partial charge in [0.2, 0.25) is 0 Å². The van der Waals surface area contributed by atoms with Crippen LogP contribution in [0.15, 0.2) is 0 Å². The van der Waals surface area contributed by atoms with Gasteiger partial charge in [-0.25, -0.2) is 0 Å². The molecular formula is C14H27NO. The van der Waals surface area contributed by atoms with Crippen molar-refractivity contribution < 1.29 is 5.11 Å². The molecule has 2 nitrogen and oxygen atoms in total. The molecule has 0 aliphatic heterocycles. The van der Waals surface area contributed by atoms with Crippen LogP contribution in [0.1, 0.15) is 58.3 Å². The predicted molar refractivity (Wildman–Crippen MR) is 67.4 cm³/mol. The van der Waals surface area contributed by atoms with Gasteiger partial charge in [-0.1, -0.05) is 32.6 Å². The number of rotatable bonds is 4. The van der Waals surface area contributed by atoms with Gasteiger partial charge in [0.25, 0.3) is 0 Å². The van der Waals surface area contributed by atoms with Gasteiger partial charge in [0.15, 0.2) is 0 Å². The van der Waals surface area contributed by atoms with Crippen molar-refractivity contribution in [1.29, 1.82) is 0 Å². The van der Waals surface area contributed by atoms with E-state index in [2.05, 4.69) is 12.2 Å². The lowest BCUT2D eigenvalue weighted by molar-refractivity contribution is 0.128. The first kappa shape index (κ1) is 12.4. The van der Waals surface area contributed by atoms with Crippen LogP contribution in [0.3, 0.4) is 0 Å². The third kappa shape index (κ3) is 2.98. The zero-order valence-corrected chi connectivity index (χ0v) is 10.6. The molecule has 2 aliphatic carbocycles. The summed E-state index contributed by atoms with van der Waals surface area (Å²) in [6.07, 6.45) is 11.0. The molecule has 0 radical (unpaired) electrons. The topological polar surface area (TPSA) is 32.3 Å². The maximum atomic E-state index is 9.23. The molecule has 0 aromatic rings. The average Bonchev–Trinajstić information content (AvgIpc) is 2.35. The fraction of sp³-hybridized carbons (Fsp3) is 1.00. The Morgan fingerprint density at radius 3 is 2.56 bits per heavy atom. The summed E-state index contributed by atoms with van der Waals surface area (Å²) in [6.45, 7) is 2.45. The van der Waals surface area contributed by atoms with Crippen LogP contribution < -0.4 is 5.32 Å². The monoisotopic (exact) mass is 225 g/mol. The Kier molecular flexibility index (Phi) is 4.66. The van der Waals surface area contributed by atoms with Crippen molar-refractivity contribution in [1.82, 2.24) is 5.32 Å². The second-order valence-corrected chi connectivity index (χ2v) is 5.77. The van der Waals surface area contributed by atoms with Crippen LogP contribution in [0, 0.1) is 11.8 Å². The third-order valence-corrected chi connectivity index (χ3v) is 4.72. The third-order valence-electron chi connectivity index (χ3n) is 4.72. The minimum atomic E-state index is 0.293. The number of fused-ring (bicyclic) bond motifs is 1. The molecule has 2 fully saturated rings. The molecular weight excluding hydrogens is 198 g/mol. The molecule has 2 heteroatoms. The Balaban J connectivity index is 1.80. The second kappa shape index (κ2) is 6.02. The standard InChI is InChI=1S/C14H27NO/c1-2-13(10-16)15-14-8-7-11-5-3-4-6-12(11)9-14/h11-16H,2-10H2,1H3/t11?,12?,13-,14?/m1/s1. The average molecular weight is 225 g/mol. The normalized spacial score (nSPS) is 36.8. The van der Waals surface area contributed by atoms with E-state index in [4.69, 9.17) is 0 Å². The molecule has 3 unspecified atom stereocenters. The first-order valence-electron chi connectivity index (χ1n) is 7.20. The Labute approximate surface area is 99.8 Å². The first-order valence-corrected chi connectivity index (χ1v) is 7.20. The number of aliphatic hydroxyl groups excluding tert-OH is 1. The van der Waals surface area contributed by atoms with E-state index in [1.165, 1.54) is 44.9 Å². The van der Waals surface area contributed by atoms with E-state index >= 15 is 0 Å².